The van der Waals surface area contributed by atoms with Crippen molar-refractivity contribution in [3.05, 3.63) is 72.4 Å². The summed E-state index contributed by atoms with van der Waals surface area (Å²) in [5, 5.41) is 4.29. The van der Waals surface area contributed by atoms with Gasteiger partial charge in [-0.05, 0) is 55.4 Å². The maximum Gasteiger partial charge on any atom is 0.256 e. The van der Waals surface area contributed by atoms with Gasteiger partial charge in [0, 0.05) is 31.0 Å². The Balaban J connectivity index is 1.29. The Kier molecular flexibility index (Phi) is 4.94. The highest BCUT2D eigenvalue weighted by molar-refractivity contribution is 5.98. The van der Waals surface area contributed by atoms with Gasteiger partial charge < -0.3 is 9.64 Å². The van der Waals surface area contributed by atoms with Gasteiger partial charge in [-0.1, -0.05) is 12.1 Å². The molecule has 3 aliphatic rings. The van der Waals surface area contributed by atoms with Crippen LogP contribution in [0.25, 0.3) is 5.69 Å². The second kappa shape index (κ2) is 7.89. The van der Waals surface area contributed by atoms with Crippen molar-refractivity contribution in [2.24, 2.45) is 11.8 Å². The van der Waals surface area contributed by atoms with E-state index in [0.29, 0.717) is 29.9 Å². The maximum absolute atomic E-state index is 13.4. The number of amides is 1. The number of carbonyl (C=O) groups excluding carboxylic acids is 1. The Labute approximate surface area is 174 Å². The summed E-state index contributed by atoms with van der Waals surface area (Å²) in [7, 11) is 0. The number of ether oxygens (including phenoxy) is 1. The highest BCUT2D eigenvalue weighted by Gasteiger charge is 2.43. The highest BCUT2D eigenvalue weighted by atomic mass is 19.1. The van der Waals surface area contributed by atoms with Crippen molar-refractivity contribution in [2.75, 3.05) is 13.2 Å². The number of rotatable bonds is 5. The van der Waals surface area contributed by atoms with Crippen molar-refractivity contribution in [3.8, 4) is 11.6 Å². The van der Waals surface area contributed by atoms with Crippen molar-refractivity contribution in [3.63, 3.8) is 0 Å². The molecule has 1 aliphatic carbocycles. The van der Waals surface area contributed by atoms with E-state index in [1.165, 1.54) is 12.3 Å². The molecule has 3 unspecified atom stereocenters. The van der Waals surface area contributed by atoms with E-state index in [0.717, 1.165) is 31.5 Å². The lowest BCUT2D eigenvalue weighted by molar-refractivity contribution is -0.00474. The average Bonchev–Trinajstić information content (AvgIpc) is 3.33. The molecule has 0 radical (unpaired) electrons. The molecule has 2 saturated heterocycles. The Morgan fingerprint density at radius 2 is 2.07 bits per heavy atom. The van der Waals surface area contributed by atoms with Gasteiger partial charge in [0.2, 0.25) is 5.88 Å². The highest BCUT2D eigenvalue weighted by Crippen LogP contribution is 2.40. The number of pyridine rings is 1. The van der Waals surface area contributed by atoms with Crippen molar-refractivity contribution in [1.82, 2.24) is 19.7 Å². The van der Waals surface area contributed by atoms with Crippen LogP contribution in [0, 0.1) is 17.7 Å². The lowest BCUT2D eigenvalue weighted by Crippen LogP contribution is -2.55. The van der Waals surface area contributed by atoms with E-state index in [1.807, 2.05) is 41.4 Å². The van der Waals surface area contributed by atoms with Crippen LogP contribution in [0.15, 0.2) is 61.1 Å². The molecule has 7 heteroatoms. The summed E-state index contributed by atoms with van der Waals surface area (Å²) in [6.45, 7) is 1.29. The minimum absolute atomic E-state index is 0.0652. The number of carbonyl (C=O) groups is 1. The van der Waals surface area contributed by atoms with E-state index < -0.39 is 0 Å². The zero-order valence-electron chi connectivity index (χ0n) is 16.5. The van der Waals surface area contributed by atoms with Crippen LogP contribution in [-0.2, 0) is 0 Å². The van der Waals surface area contributed by atoms with Crippen molar-refractivity contribution < 1.29 is 13.9 Å². The number of nitrogens with zero attached hydrogens (tertiary/aromatic N) is 4. The normalized spacial score (nSPS) is 22.8. The van der Waals surface area contributed by atoms with Gasteiger partial charge in [0.15, 0.2) is 0 Å². The molecule has 0 spiro atoms. The molecular weight excluding hydrogens is 383 g/mol. The monoisotopic (exact) mass is 406 g/mol. The molecular formula is C23H23FN4O2. The largest absolute Gasteiger partial charge is 0.477 e. The van der Waals surface area contributed by atoms with Gasteiger partial charge in [0.05, 0.1) is 24.1 Å². The van der Waals surface area contributed by atoms with Gasteiger partial charge >= 0.3 is 0 Å². The summed E-state index contributed by atoms with van der Waals surface area (Å²) < 4.78 is 20.6. The number of halogens is 1. The summed E-state index contributed by atoms with van der Waals surface area (Å²) >= 11 is 0. The van der Waals surface area contributed by atoms with Gasteiger partial charge in [-0.15, -0.1) is 0 Å². The Bertz CT molecular complexity index is 1020. The third-order valence-electron chi connectivity index (χ3n) is 6.28. The van der Waals surface area contributed by atoms with Gasteiger partial charge in [-0.25, -0.2) is 14.1 Å². The molecule has 1 saturated carbocycles. The molecule has 4 heterocycles. The minimum atomic E-state index is -0.372. The molecule has 30 heavy (non-hydrogen) atoms. The number of hydrogen-bond donors (Lipinski definition) is 0. The fourth-order valence-corrected chi connectivity index (χ4v) is 4.74. The number of piperidine rings is 2. The van der Waals surface area contributed by atoms with Crippen LogP contribution < -0.4 is 4.74 Å². The summed E-state index contributed by atoms with van der Waals surface area (Å²) in [6.07, 6.45) is 7.77. The number of benzene rings is 1. The number of hydrogen-bond acceptors (Lipinski definition) is 4. The Morgan fingerprint density at radius 1 is 1.17 bits per heavy atom. The van der Waals surface area contributed by atoms with Crippen molar-refractivity contribution >= 4 is 5.91 Å². The van der Waals surface area contributed by atoms with Crippen LogP contribution in [0.3, 0.4) is 0 Å². The third kappa shape index (κ3) is 3.56. The van der Waals surface area contributed by atoms with E-state index in [1.54, 1.807) is 16.9 Å². The van der Waals surface area contributed by atoms with E-state index in [2.05, 4.69) is 10.1 Å². The van der Waals surface area contributed by atoms with E-state index in [-0.39, 0.29) is 17.8 Å². The summed E-state index contributed by atoms with van der Waals surface area (Å²) in [4.78, 5) is 19.4. The minimum Gasteiger partial charge on any atom is -0.477 e. The molecule has 3 fully saturated rings. The SMILES string of the molecule is O=C(c1ccccc1-n1cccn1)N1CC2CCC1CC2COc1ccc(F)cn1. The zero-order valence-corrected chi connectivity index (χ0v) is 16.5. The van der Waals surface area contributed by atoms with Crippen molar-refractivity contribution in [1.29, 1.82) is 0 Å². The second-order valence-corrected chi connectivity index (χ2v) is 8.04. The molecule has 3 atom stereocenters. The summed E-state index contributed by atoms with van der Waals surface area (Å²) in [6, 6.07) is 12.6. The lowest BCUT2D eigenvalue weighted by Gasteiger charge is -2.49. The Hall–Kier alpha value is -3.22. The van der Waals surface area contributed by atoms with Crippen LogP contribution >= 0.6 is 0 Å². The fourth-order valence-electron chi connectivity index (χ4n) is 4.74. The first-order chi connectivity index (χ1) is 14.7. The predicted molar refractivity (Wildman–Crippen MR) is 109 cm³/mol. The maximum atomic E-state index is 13.4. The lowest BCUT2D eigenvalue weighted by atomic mass is 9.72. The van der Waals surface area contributed by atoms with Crippen LogP contribution in [0.2, 0.25) is 0 Å². The standard InChI is InChI=1S/C23H23FN4O2/c24-18-7-9-22(25-13-18)30-15-17-12-19-8-6-16(17)14-27(19)23(29)20-4-1-2-5-21(20)28-11-3-10-26-28/h1-5,7,9-11,13,16-17,19H,6,8,12,14-15H2. The van der Waals surface area contributed by atoms with Crippen LogP contribution in [-0.4, -0.2) is 44.8 Å². The topological polar surface area (TPSA) is 60.2 Å². The van der Waals surface area contributed by atoms with Crippen LogP contribution in [0.1, 0.15) is 29.6 Å². The van der Waals surface area contributed by atoms with E-state index in [9.17, 15) is 9.18 Å². The second-order valence-electron chi connectivity index (χ2n) is 8.04. The Morgan fingerprint density at radius 3 is 2.80 bits per heavy atom. The molecule has 1 amide bonds. The quantitative estimate of drug-likeness (QED) is 0.648. The molecule has 2 aromatic heterocycles. The summed E-state index contributed by atoms with van der Waals surface area (Å²) in [5.41, 5.74) is 1.48. The van der Waals surface area contributed by atoms with Gasteiger partial charge in [0.1, 0.15) is 5.82 Å². The van der Waals surface area contributed by atoms with E-state index >= 15 is 0 Å². The molecule has 1 aromatic carbocycles. The first-order valence-electron chi connectivity index (χ1n) is 10.3. The summed E-state index contributed by atoms with van der Waals surface area (Å²) in [5.74, 6) is 0.912. The third-order valence-corrected chi connectivity index (χ3v) is 6.28. The molecule has 154 valence electrons. The molecule has 6 rings (SSSR count). The molecule has 2 bridgehead atoms. The number of para-hydroxylation sites is 1. The van der Waals surface area contributed by atoms with Crippen LogP contribution in [0.4, 0.5) is 4.39 Å². The molecule has 0 N–H and O–H groups in total. The van der Waals surface area contributed by atoms with Gasteiger partial charge in [-0.2, -0.15) is 5.10 Å². The predicted octanol–water partition coefficient (Wildman–Crippen LogP) is 3.73. The average molecular weight is 406 g/mol. The molecule has 6 nitrogen and oxygen atoms in total. The first kappa shape index (κ1) is 18.8. The zero-order chi connectivity index (χ0) is 20.5. The first-order valence-corrected chi connectivity index (χ1v) is 10.3. The van der Waals surface area contributed by atoms with Gasteiger partial charge in [-0.3, -0.25) is 4.79 Å². The van der Waals surface area contributed by atoms with E-state index in [4.69, 9.17) is 4.74 Å². The molecule has 3 aromatic rings. The van der Waals surface area contributed by atoms with Crippen molar-refractivity contribution in [2.45, 2.75) is 25.3 Å². The number of fused-ring (bicyclic) bond motifs is 3. The fraction of sp³-hybridized carbons (Fsp3) is 0.348. The molecule has 2 aliphatic heterocycles. The number of aromatic nitrogens is 3. The van der Waals surface area contributed by atoms with Crippen LogP contribution in [0.5, 0.6) is 5.88 Å². The van der Waals surface area contributed by atoms with Gasteiger partial charge in [0.25, 0.3) is 5.91 Å². The smallest absolute Gasteiger partial charge is 0.256 e.